The maximum absolute atomic E-state index is 12.9. The van der Waals surface area contributed by atoms with Gasteiger partial charge in [0.25, 0.3) is 0 Å². The second kappa shape index (κ2) is 7.65. The highest BCUT2D eigenvalue weighted by atomic mass is 32.2. The molecule has 2 saturated heterocycles. The molecule has 0 saturated carbocycles. The zero-order valence-electron chi connectivity index (χ0n) is 16.8. The van der Waals surface area contributed by atoms with Gasteiger partial charge in [-0.15, -0.1) is 0 Å². The number of likely N-dealkylation sites (tertiary alicyclic amines) is 1. The number of rotatable bonds is 3. The first-order valence-corrected chi connectivity index (χ1v) is 11.6. The molecule has 2 aromatic carbocycles. The highest BCUT2D eigenvalue weighted by Crippen LogP contribution is 2.47. The molecule has 1 aliphatic carbocycles. The van der Waals surface area contributed by atoms with Crippen LogP contribution < -0.4 is 0 Å². The van der Waals surface area contributed by atoms with Crippen LogP contribution in [0.3, 0.4) is 0 Å². The van der Waals surface area contributed by atoms with Crippen LogP contribution in [0.25, 0.3) is 11.1 Å². The fraction of sp³-hybridized carbons (Fsp3) is 0.417. The summed E-state index contributed by atoms with van der Waals surface area (Å²) in [5.74, 6) is 0.575. The van der Waals surface area contributed by atoms with E-state index in [1.807, 2.05) is 24.3 Å². The van der Waals surface area contributed by atoms with Crippen LogP contribution in [0.15, 0.2) is 48.5 Å². The van der Waals surface area contributed by atoms with Crippen molar-refractivity contribution in [2.24, 2.45) is 11.3 Å². The average Bonchev–Trinajstić information content (AvgIpc) is 3.29. The fourth-order valence-electron chi connectivity index (χ4n) is 5.41. The molecular weight excluding hydrogens is 398 g/mol. The Bertz CT molecular complexity index is 939. The van der Waals surface area contributed by atoms with Gasteiger partial charge in [-0.25, -0.2) is 4.79 Å². The van der Waals surface area contributed by atoms with E-state index in [4.69, 9.17) is 4.74 Å². The van der Waals surface area contributed by atoms with Crippen LogP contribution in [0.2, 0.25) is 0 Å². The van der Waals surface area contributed by atoms with E-state index >= 15 is 0 Å². The molecule has 1 N–H and O–H groups in total. The summed E-state index contributed by atoms with van der Waals surface area (Å²) in [6.07, 6.45) is 1.48. The Balaban J connectivity index is 1.32. The number of carbonyl (C=O) groups is 2. The van der Waals surface area contributed by atoms with Crippen molar-refractivity contribution in [1.82, 2.24) is 4.90 Å². The zero-order chi connectivity index (χ0) is 20.7. The number of hydrogen-bond acceptors (Lipinski definition) is 4. The summed E-state index contributed by atoms with van der Waals surface area (Å²) in [7, 11) is 0. The number of aliphatic carboxylic acids is 1. The van der Waals surface area contributed by atoms with Crippen LogP contribution in [0, 0.1) is 11.3 Å². The van der Waals surface area contributed by atoms with E-state index in [-0.39, 0.29) is 24.5 Å². The lowest BCUT2D eigenvalue weighted by molar-refractivity contribution is -0.144. The first-order chi connectivity index (χ1) is 14.6. The maximum atomic E-state index is 12.9. The summed E-state index contributed by atoms with van der Waals surface area (Å²) < 4.78 is 5.77. The smallest absolute Gasteiger partial charge is 0.409 e. The minimum absolute atomic E-state index is 0.0124. The number of carbonyl (C=O) groups excluding carboxylic acids is 1. The molecule has 5 nitrogen and oxygen atoms in total. The number of thioether (sulfide) groups is 1. The Morgan fingerprint density at radius 2 is 1.77 bits per heavy atom. The number of fused-ring (bicyclic) bond motifs is 3. The van der Waals surface area contributed by atoms with Gasteiger partial charge in [-0.3, -0.25) is 4.79 Å². The number of carboxylic acids is 1. The first kappa shape index (κ1) is 19.5. The molecule has 3 aliphatic rings. The Hall–Kier alpha value is -2.47. The second-order valence-corrected chi connectivity index (χ2v) is 9.70. The summed E-state index contributed by atoms with van der Waals surface area (Å²) in [5.41, 5.74) is 4.42. The van der Waals surface area contributed by atoms with Crippen LogP contribution in [0.4, 0.5) is 4.79 Å². The summed E-state index contributed by atoms with van der Waals surface area (Å²) >= 11 is 1.80. The lowest BCUT2D eigenvalue weighted by Crippen LogP contribution is -2.39. The summed E-state index contributed by atoms with van der Waals surface area (Å²) in [6, 6.07) is 16.5. The highest BCUT2D eigenvalue weighted by molar-refractivity contribution is 7.99. The Kier molecular flexibility index (Phi) is 4.97. The second-order valence-electron chi connectivity index (χ2n) is 8.59. The van der Waals surface area contributed by atoms with E-state index in [0.717, 1.165) is 24.3 Å². The Morgan fingerprint density at radius 1 is 1.10 bits per heavy atom. The number of amides is 1. The van der Waals surface area contributed by atoms with Crippen LogP contribution in [0.1, 0.15) is 29.9 Å². The SMILES string of the molecule is O=C(O)C1CN(C(=O)OCC2c3ccccc3-c3ccccc32)CC12CCCSC2. The van der Waals surface area contributed by atoms with Crippen molar-refractivity contribution >= 4 is 23.8 Å². The largest absolute Gasteiger partial charge is 0.481 e. The minimum Gasteiger partial charge on any atom is -0.481 e. The third kappa shape index (κ3) is 3.18. The average molecular weight is 424 g/mol. The van der Waals surface area contributed by atoms with Crippen molar-refractivity contribution in [3.8, 4) is 11.1 Å². The third-order valence-corrected chi connectivity index (χ3v) is 8.25. The normalized spacial score (nSPS) is 25.2. The predicted octanol–water partition coefficient (Wildman–Crippen LogP) is 4.47. The Morgan fingerprint density at radius 3 is 2.37 bits per heavy atom. The molecule has 2 aliphatic heterocycles. The zero-order valence-corrected chi connectivity index (χ0v) is 17.6. The van der Waals surface area contributed by atoms with E-state index in [9.17, 15) is 14.7 Å². The van der Waals surface area contributed by atoms with Gasteiger partial charge in [-0.2, -0.15) is 11.8 Å². The van der Waals surface area contributed by atoms with Gasteiger partial charge in [0.2, 0.25) is 0 Å². The van der Waals surface area contributed by atoms with Crippen LogP contribution in [0.5, 0.6) is 0 Å². The van der Waals surface area contributed by atoms with Gasteiger partial charge in [0.05, 0.1) is 5.92 Å². The molecule has 2 atom stereocenters. The van der Waals surface area contributed by atoms with Gasteiger partial charge in [-0.05, 0) is 40.8 Å². The number of carboxylic acid groups (broad SMARTS) is 1. The maximum Gasteiger partial charge on any atom is 0.409 e. The molecular formula is C24H25NO4S. The van der Waals surface area contributed by atoms with Gasteiger partial charge in [0.1, 0.15) is 6.61 Å². The number of benzene rings is 2. The third-order valence-electron chi connectivity index (χ3n) is 6.89. The van der Waals surface area contributed by atoms with Gasteiger partial charge < -0.3 is 14.7 Å². The standard InChI is InChI=1S/C24H25NO4S/c26-22(27)21-12-25(14-24(21)10-5-11-30-15-24)23(28)29-13-20-18-8-3-1-6-16(18)17-7-2-4-9-19(17)20/h1-4,6-9,20-21H,5,10-15H2,(H,26,27). The van der Waals surface area contributed by atoms with Gasteiger partial charge in [0, 0.05) is 30.2 Å². The van der Waals surface area contributed by atoms with Gasteiger partial charge >= 0.3 is 12.1 Å². The molecule has 156 valence electrons. The van der Waals surface area contributed by atoms with Crippen molar-refractivity contribution in [3.63, 3.8) is 0 Å². The molecule has 2 unspecified atom stereocenters. The molecule has 0 radical (unpaired) electrons. The summed E-state index contributed by atoms with van der Waals surface area (Å²) in [5, 5.41) is 9.76. The monoisotopic (exact) mass is 423 g/mol. The molecule has 30 heavy (non-hydrogen) atoms. The van der Waals surface area contributed by atoms with Gasteiger partial charge in [-0.1, -0.05) is 48.5 Å². The van der Waals surface area contributed by atoms with Crippen molar-refractivity contribution in [2.75, 3.05) is 31.2 Å². The van der Waals surface area contributed by atoms with Gasteiger partial charge in [0.15, 0.2) is 0 Å². The first-order valence-electron chi connectivity index (χ1n) is 10.5. The molecule has 1 spiro atoms. The minimum atomic E-state index is -0.800. The molecule has 6 heteroatoms. The quantitative estimate of drug-likeness (QED) is 0.789. The molecule has 0 bridgehead atoms. The lowest BCUT2D eigenvalue weighted by atomic mass is 9.76. The number of ether oxygens (including phenoxy) is 1. The van der Waals surface area contributed by atoms with E-state index in [1.165, 1.54) is 22.3 Å². The van der Waals surface area contributed by atoms with E-state index in [2.05, 4.69) is 24.3 Å². The van der Waals surface area contributed by atoms with E-state index in [1.54, 1.807) is 16.7 Å². The van der Waals surface area contributed by atoms with Crippen molar-refractivity contribution < 1.29 is 19.4 Å². The van der Waals surface area contributed by atoms with Crippen molar-refractivity contribution in [3.05, 3.63) is 59.7 Å². The van der Waals surface area contributed by atoms with Crippen molar-refractivity contribution in [1.29, 1.82) is 0 Å². The van der Waals surface area contributed by atoms with Crippen LogP contribution in [-0.2, 0) is 9.53 Å². The number of nitrogens with zero attached hydrogens (tertiary/aromatic N) is 1. The predicted molar refractivity (Wildman–Crippen MR) is 117 cm³/mol. The Labute approximate surface area is 180 Å². The lowest BCUT2D eigenvalue weighted by Gasteiger charge is -2.35. The van der Waals surface area contributed by atoms with Crippen LogP contribution >= 0.6 is 11.8 Å². The van der Waals surface area contributed by atoms with Crippen molar-refractivity contribution in [2.45, 2.75) is 18.8 Å². The summed E-state index contributed by atoms with van der Waals surface area (Å²) in [4.78, 5) is 26.4. The van der Waals surface area contributed by atoms with E-state index < -0.39 is 18.0 Å². The number of hydrogen-bond donors (Lipinski definition) is 1. The molecule has 1 amide bonds. The molecule has 2 fully saturated rings. The molecule has 0 aromatic heterocycles. The van der Waals surface area contributed by atoms with Crippen LogP contribution in [-0.4, -0.2) is 53.3 Å². The molecule has 2 heterocycles. The van der Waals surface area contributed by atoms with E-state index in [0.29, 0.717) is 6.54 Å². The molecule has 5 rings (SSSR count). The summed E-state index contributed by atoms with van der Waals surface area (Å²) in [6.45, 7) is 0.989. The topological polar surface area (TPSA) is 66.8 Å². The molecule has 2 aromatic rings. The fourth-order valence-corrected chi connectivity index (χ4v) is 6.74. The highest BCUT2D eigenvalue weighted by Gasteiger charge is 2.52.